The maximum atomic E-state index is 7.76. The average molecular weight is 881 g/mol. The molecule has 4 aromatic carbocycles. The zero-order chi connectivity index (χ0) is 44.7. The molecule has 7 aromatic rings. The molecule has 0 radical (unpaired) electrons. The maximum absolute atomic E-state index is 7.76. The number of aromatic nitrogens is 4. The number of benzene rings is 4. The van der Waals surface area contributed by atoms with Gasteiger partial charge in [0.2, 0.25) is 11.8 Å². The lowest BCUT2D eigenvalue weighted by atomic mass is 9.72. The molecule has 6 fully saturated rings. The third-order valence-electron chi connectivity index (χ3n) is 15.6. The molecule has 66 heavy (non-hydrogen) atoms. The van der Waals surface area contributed by atoms with E-state index in [1.165, 1.54) is 25.7 Å². The second-order valence-corrected chi connectivity index (χ2v) is 18.9. The summed E-state index contributed by atoms with van der Waals surface area (Å²) in [7, 11) is 3.44. The summed E-state index contributed by atoms with van der Waals surface area (Å²) in [6, 6.07) is 37.4. The number of hydrogen-bond acceptors (Lipinski definition) is 10. The molecular weight excluding hydrogens is 821 g/mol. The van der Waals surface area contributed by atoms with Gasteiger partial charge in [-0.25, -0.2) is 0 Å². The molecule has 10 heteroatoms. The van der Waals surface area contributed by atoms with Crippen LogP contribution in [-0.2, 0) is 0 Å². The molecule has 0 saturated carbocycles. The molecule has 0 aliphatic carbocycles. The molecule has 10 atom stereocenters. The van der Waals surface area contributed by atoms with Gasteiger partial charge in [0.15, 0.2) is 5.82 Å². The fourth-order valence-electron chi connectivity index (χ4n) is 12.1. The summed E-state index contributed by atoms with van der Waals surface area (Å²) in [5.74, 6) is 5.70. The molecule has 4 bridgehead atoms. The first-order valence-electron chi connectivity index (χ1n) is 24.2. The maximum Gasteiger partial charge on any atom is 0.229 e. The van der Waals surface area contributed by atoms with E-state index in [2.05, 4.69) is 90.4 Å². The fraction of sp³-hybridized carbons (Fsp3) is 0.393. The minimum Gasteiger partial charge on any atom is -0.497 e. The van der Waals surface area contributed by atoms with Crippen molar-refractivity contribution in [3.63, 3.8) is 0 Å². The van der Waals surface area contributed by atoms with E-state index in [9.17, 15) is 0 Å². The molecule has 338 valence electrons. The van der Waals surface area contributed by atoms with Gasteiger partial charge in [-0.3, -0.25) is 19.8 Å². The molecule has 6 aliphatic rings. The summed E-state index contributed by atoms with van der Waals surface area (Å²) in [6.07, 6.45) is 9.90. The number of piperidine rings is 6. The number of hydrogen-bond donors (Lipinski definition) is 0. The van der Waals surface area contributed by atoms with Crippen LogP contribution >= 0.6 is 0 Å². The lowest BCUT2D eigenvalue weighted by molar-refractivity contribution is -0.0510. The third-order valence-corrected chi connectivity index (χ3v) is 15.6. The number of methoxy groups -OCH3 is 2. The van der Waals surface area contributed by atoms with Crippen molar-refractivity contribution in [1.29, 1.82) is 0 Å². The van der Waals surface area contributed by atoms with Gasteiger partial charge in [-0.05, 0) is 117 Å². The summed E-state index contributed by atoms with van der Waals surface area (Å²) >= 11 is 0. The molecule has 6 aliphatic heterocycles. The van der Waals surface area contributed by atoms with Crippen LogP contribution in [0.5, 0.6) is 23.3 Å². The van der Waals surface area contributed by atoms with Crippen molar-refractivity contribution in [1.82, 2.24) is 29.7 Å². The molecule has 6 saturated heterocycles. The van der Waals surface area contributed by atoms with Gasteiger partial charge in [0.1, 0.15) is 29.3 Å². The van der Waals surface area contributed by atoms with E-state index in [0.717, 1.165) is 100 Å². The molecule has 13 rings (SSSR count). The standard InChI is InChI=1S/C56H60N6O4/c1-5-35-33-61-27-23-39(35)29-49(61)52(43-21-25-57-47-19-17-41(63-3)31-45(43)47)65-55-51(37-13-9-7-10-14-37)56(60-54(59-55)38-15-11-8-12-16-38)66-53(50-30-40-24-28-62(50)34-36(40)6-2)44-22-26-58-48-20-18-42(64-4)32-46(44)48/h7-22,25-26,31-32,35-36,39-40,49-50,52-53H,5-6,23-24,27-30,33-34H2,1-4H3/t35-,36+,39+,40-,49-,50-,52-,53-/m1/s1. The van der Waals surface area contributed by atoms with Crippen molar-refractivity contribution in [3.8, 4) is 45.8 Å². The van der Waals surface area contributed by atoms with Gasteiger partial charge < -0.3 is 18.9 Å². The van der Waals surface area contributed by atoms with E-state index in [1.54, 1.807) is 14.2 Å². The van der Waals surface area contributed by atoms with Crippen molar-refractivity contribution < 1.29 is 18.9 Å². The topological polar surface area (TPSA) is 95.0 Å². The molecule has 0 N–H and O–H groups in total. The Balaban J connectivity index is 1.13. The monoisotopic (exact) mass is 880 g/mol. The molecular formula is C56H60N6O4. The smallest absolute Gasteiger partial charge is 0.229 e. The Morgan fingerprint density at radius 1 is 0.576 bits per heavy atom. The van der Waals surface area contributed by atoms with E-state index in [0.29, 0.717) is 41.3 Å². The van der Waals surface area contributed by atoms with Crippen LogP contribution in [0.1, 0.15) is 75.7 Å². The lowest BCUT2D eigenvalue weighted by Crippen LogP contribution is -2.56. The van der Waals surface area contributed by atoms with Gasteiger partial charge in [0, 0.05) is 52.9 Å². The van der Waals surface area contributed by atoms with Crippen LogP contribution in [0.4, 0.5) is 0 Å². The predicted molar refractivity (Wildman–Crippen MR) is 260 cm³/mol. The largest absolute Gasteiger partial charge is 0.497 e. The van der Waals surface area contributed by atoms with Gasteiger partial charge >= 0.3 is 0 Å². The second kappa shape index (κ2) is 18.3. The molecule has 2 unspecified atom stereocenters. The van der Waals surface area contributed by atoms with Crippen molar-refractivity contribution in [2.75, 3.05) is 40.4 Å². The number of rotatable bonds is 14. The Kier molecular flexibility index (Phi) is 11.8. The van der Waals surface area contributed by atoms with Crippen molar-refractivity contribution >= 4 is 21.8 Å². The van der Waals surface area contributed by atoms with Crippen LogP contribution in [0.15, 0.2) is 122 Å². The first-order chi connectivity index (χ1) is 32.5. The Hall–Kier alpha value is -6.10. The normalized spacial score (nSPS) is 25.4. The number of ether oxygens (including phenoxy) is 4. The van der Waals surface area contributed by atoms with Crippen LogP contribution in [0.2, 0.25) is 0 Å². The van der Waals surface area contributed by atoms with Crippen molar-refractivity contribution in [2.45, 2.75) is 76.7 Å². The fourth-order valence-corrected chi connectivity index (χ4v) is 12.1. The van der Waals surface area contributed by atoms with Gasteiger partial charge in [0.05, 0.1) is 37.3 Å². The summed E-state index contributed by atoms with van der Waals surface area (Å²) in [6.45, 7) is 8.88. The Labute approximate surface area is 388 Å². The van der Waals surface area contributed by atoms with Crippen LogP contribution in [-0.4, -0.2) is 82.2 Å². The summed E-state index contributed by atoms with van der Waals surface area (Å²) in [5.41, 5.74) is 6.48. The lowest BCUT2D eigenvalue weighted by Gasteiger charge is -2.52. The van der Waals surface area contributed by atoms with E-state index in [-0.39, 0.29) is 12.1 Å². The van der Waals surface area contributed by atoms with Gasteiger partial charge in [-0.15, -0.1) is 0 Å². The predicted octanol–water partition coefficient (Wildman–Crippen LogP) is 11.4. The van der Waals surface area contributed by atoms with Crippen molar-refractivity contribution in [3.05, 3.63) is 133 Å². The van der Waals surface area contributed by atoms with E-state index in [4.69, 9.17) is 38.9 Å². The van der Waals surface area contributed by atoms with Crippen LogP contribution < -0.4 is 18.9 Å². The Morgan fingerprint density at radius 3 is 1.47 bits per heavy atom. The Bertz CT molecular complexity index is 2680. The molecule has 0 spiro atoms. The SMILES string of the molecule is CC[C@@H]1CN2CC[C@H]1C[C@@H]2[C@H](Oc1nc(-c2ccccc2)nc(O[C@H](c2ccnc3ccc(OC)cc23)[C@H]2C[C@H]3CCN2C[C@@H]3CC)c1-c1ccccc1)c1ccnc2ccc(OC)cc12. The van der Waals surface area contributed by atoms with Crippen LogP contribution in [0, 0.1) is 23.7 Å². The van der Waals surface area contributed by atoms with E-state index < -0.39 is 12.2 Å². The van der Waals surface area contributed by atoms with Crippen LogP contribution in [0.25, 0.3) is 44.3 Å². The minimum atomic E-state index is -0.393. The first-order valence-corrected chi connectivity index (χ1v) is 24.2. The number of nitrogens with zero attached hydrogens (tertiary/aromatic N) is 6. The molecule has 9 heterocycles. The first kappa shape index (κ1) is 42.5. The van der Waals surface area contributed by atoms with Gasteiger partial charge in [-0.2, -0.15) is 9.97 Å². The molecule has 3 aromatic heterocycles. The van der Waals surface area contributed by atoms with Crippen molar-refractivity contribution in [2.24, 2.45) is 23.7 Å². The second-order valence-electron chi connectivity index (χ2n) is 18.9. The van der Waals surface area contributed by atoms with E-state index in [1.807, 2.05) is 54.9 Å². The number of fused-ring (bicyclic) bond motifs is 8. The van der Waals surface area contributed by atoms with E-state index >= 15 is 0 Å². The molecule has 10 nitrogen and oxygen atoms in total. The Morgan fingerprint density at radius 2 is 1.05 bits per heavy atom. The third kappa shape index (κ3) is 7.91. The highest BCUT2D eigenvalue weighted by Crippen LogP contribution is 2.50. The molecule has 0 amide bonds. The number of pyridine rings is 2. The minimum absolute atomic E-state index is 0.106. The average Bonchev–Trinajstić information content (AvgIpc) is 3.39. The highest BCUT2D eigenvalue weighted by Gasteiger charge is 2.47. The highest BCUT2D eigenvalue weighted by atomic mass is 16.5. The van der Waals surface area contributed by atoms with Gasteiger partial charge in [0.25, 0.3) is 0 Å². The van der Waals surface area contributed by atoms with Crippen LogP contribution in [0.3, 0.4) is 0 Å². The summed E-state index contributed by atoms with van der Waals surface area (Å²) in [4.78, 5) is 26.0. The zero-order valence-corrected chi connectivity index (χ0v) is 38.6. The highest BCUT2D eigenvalue weighted by molar-refractivity contribution is 5.85. The zero-order valence-electron chi connectivity index (χ0n) is 38.6. The summed E-state index contributed by atoms with van der Waals surface area (Å²) in [5, 5.41) is 2.02. The van der Waals surface area contributed by atoms with Gasteiger partial charge in [-0.1, -0.05) is 87.4 Å². The quantitative estimate of drug-likeness (QED) is 0.105. The summed E-state index contributed by atoms with van der Waals surface area (Å²) < 4.78 is 27.2.